The van der Waals surface area contributed by atoms with E-state index in [2.05, 4.69) is 10.3 Å². The third-order valence-electron chi connectivity index (χ3n) is 2.98. The summed E-state index contributed by atoms with van der Waals surface area (Å²) in [4.78, 5) is 27.0. The minimum absolute atomic E-state index is 0.122. The van der Waals surface area contributed by atoms with Crippen LogP contribution in [0.25, 0.3) is 0 Å². The van der Waals surface area contributed by atoms with Gasteiger partial charge in [-0.25, -0.2) is 4.98 Å². The summed E-state index contributed by atoms with van der Waals surface area (Å²) in [6.07, 6.45) is -0.122. The molecule has 0 unspecified atom stereocenters. The van der Waals surface area contributed by atoms with E-state index in [0.717, 1.165) is 11.3 Å². The summed E-state index contributed by atoms with van der Waals surface area (Å²) < 4.78 is 0. The first-order chi connectivity index (χ1) is 9.95. The van der Waals surface area contributed by atoms with Crippen LogP contribution in [-0.4, -0.2) is 22.0 Å². The quantitative estimate of drug-likeness (QED) is 0.890. The van der Waals surface area contributed by atoms with E-state index < -0.39 is 11.9 Å². The SMILES string of the molecule is Cc1ccc(NC(=O)[C@@H](C)c2nc(CC(=O)O)cs2)cc1. The summed E-state index contributed by atoms with van der Waals surface area (Å²) >= 11 is 1.31. The van der Waals surface area contributed by atoms with Gasteiger partial charge in [0.25, 0.3) is 0 Å². The van der Waals surface area contributed by atoms with Gasteiger partial charge < -0.3 is 10.4 Å². The molecule has 1 amide bonds. The first kappa shape index (κ1) is 15.2. The van der Waals surface area contributed by atoms with Crippen LogP contribution in [0.2, 0.25) is 0 Å². The van der Waals surface area contributed by atoms with E-state index in [1.54, 1.807) is 12.3 Å². The van der Waals surface area contributed by atoms with Gasteiger partial charge in [0.1, 0.15) is 5.01 Å². The highest BCUT2D eigenvalue weighted by atomic mass is 32.1. The summed E-state index contributed by atoms with van der Waals surface area (Å²) in [5, 5.41) is 13.9. The lowest BCUT2D eigenvalue weighted by molar-refractivity contribution is -0.136. The number of carbonyl (C=O) groups is 2. The highest BCUT2D eigenvalue weighted by molar-refractivity contribution is 7.09. The first-order valence-electron chi connectivity index (χ1n) is 6.49. The Labute approximate surface area is 126 Å². The number of hydrogen-bond acceptors (Lipinski definition) is 4. The van der Waals surface area contributed by atoms with E-state index >= 15 is 0 Å². The normalized spacial score (nSPS) is 11.9. The Bertz CT molecular complexity index is 649. The Hall–Kier alpha value is -2.21. The second kappa shape index (κ2) is 6.49. The van der Waals surface area contributed by atoms with Crippen LogP contribution in [0.3, 0.4) is 0 Å². The molecule has 6 heteroatoms. The molecule has 0 radical (unpaired) electrons. The maximum atomic E-state index is 12.2. The number of benzene rings is 1. The Balaban J connectivity index is 2.03. The number of rotatable bonds is 5. The minimum atomic E-state index is -0.927. The van der Waals surface area contributed by atoms with Crippen LogP contribution in [0.4, 0.5) is 5.69 Å². The van der Waals surface area contributed by atoms with Crippen molar-refractivity contribution in [2.75, 3.05) is 5.32 Å². The van der Waals surface area contributed by atoms with Crippen LogP contribution in [0.1, 0.15) is 29.1 Å². The highest BCUT2D eigenvalue weighted by Crippen LogP contribution is 2.22. The lowest BCUT2D eigenvalue weighted by atomic mass is 10.1. The third kappa shape index (κ3) is 4.13. The van der Waals surface area contributed by atoms with Gasteiger partial charge in [0.15, 0.2) is 0 Å². The number of aliphatic carboxylic acids is 1. The fourth-order valence-electron chi connectivity index (χ4n) is 1.76. The van der Waals surface area contributed by atoms with E-state index in [0.29, 0.717) is 10.7 Å². The van der Waals surface area contributed by atoms with E-state index in [1.165, 1.54) is 11.3 Å². The molecule has 1 atom stereocenters. The average Bonchev–Trinajstić information content (AvgIpc) is 2.88. The molecule has 0 fully saturated rings. The Morgan fingerprint density at radius 2 is 2.00 bits per heavy atom. The Morgan fingerprint density at radius 3 is 2.62 bits per heavy atom. The fourth-order valence-corrected chi connectivity index (χ4v) is 2.63. The molecule has 2 N–H and O–H groups in total. The molecule has 5 nitrogen and oxygen atoms in total. The molecule has 0 aliphatic heterocycles. The van der Waals surface area contributed by atoms with Gasteiger partial charge in [-0.2, -0.15) is 0 Å². The van der Waals surface area contributed by atoms with Gasteiger partial charge in [0, 0.05) is 11.1 Å². The molecule has 110 valence electrons. The predicted octanol–water partition coefficient (Wildman–Crippen LogP) is 2.82. The van der Waals surface area contributed by atoms with Crippen LogP contribution in [0, 0.1) is 6.92 Å². The van der Waals surface area contributed by atoms with E-state index in [4.69, 9.17) is 5.11 Å². The second-order valence-electron chi connectivity index (χ2n) is 4.82. The molecule has 1 aromatic carbocycles. The van der Waals surface area contributed by atoms with Crippen molar-refractivity contribution in [1.82, 2.24) is 4.98 Å². The van der Waals surface area contributed by atoms with Crippen molar-refractivity contribution in [3.8, 4) is 0 Å². The smallest absolute Gasteiger partial charge is 0.309 e. The van der Waals surface area contributed by atoms with Crippen molar-refractivity contribution in [2.24, 2.45) is 0 Å². The number of aromatic nitrogens is 1. The summed E-state index contributed by atoms with van der Waals surface area (Å²) in [6.45, 7) is 3.74. The van der Waals surface area contributed by atoms with Crippen molar-refractivity contribution in [1.29, 1.82) is 0 Å². The third-order valence-corrected chi connectivity index (χ3v) is 4.06. The number of carboxylic acid groups (broad SMARTS) is 1. The van der Waals surface area contributed by atoms with Crippen molar-refractivity contribution < 1.29 is 14.7 Å². The van der Waals surface area contributed by atoms with Crippen LogP contribution < -0.4 is 5.32 Å². The maximum Gasteiger partial charge on any atom is 0.309 e. The molecule has 2 aromatic rings. The number of hydrogen-bond donors (Lipinski definition) is 2. The number of carbonyl (C=O) groups excluding carboxylic acids is 1. The molecule has 0 aliphatic carbocycles. The molecule has 0 saturated carbocycles. The molecule has 0 saturated heterocycles. The highest BCUT2D eigenvalue weighted by Gasteiger charge is 2.19. The van der Waals surface area contributed by atoms with Gasteiger partial charge >= 0.3 is 5.97 Å². The molecule has 21 heavy (non-hydrogen) atoms. The number of amides is 1. The van der Waals surface area contributed by atoms with Crippen molar-refractivity contribution in [3.63, 3.8) is 0 Å². The van der Waals surface area contributed by atoms with E-state index in [-0.39, 0.29) is 12.3 Å². The summed E-state index contributed by atoms with van der Waals surface area (Å²) in [6, 6.07) is 7.54. The first-order valence-corrected chi connectivity index (χ1v) is 7.37. The molecule has 2 rings (SSSR count). The zero-order valence-corrected chi connectivity index (χ0v) is 12.6. The largest absolute Gasteiger partial charge is 0.481 e. The standard InChI is InChI=1S/C15H16N2O3S/c1-9-3-5-11(6-4-9)16-14(20)10(2)15-17-12(8-21-15)7-13(18)19/h3-6,8,10H,7H2,1-2H3,(H,16,20)(H,18,19)/t10-/m1/s1. The van der Waals surface area contributed by atoms with Crippen LogP contribution in [0.15, 0.2) is 29.6 Å². The molecule has 0 bridgehead atoms. The number of anilines is 1. The second-order valence-corrected chi connectivity index (χ2v) is 5.71. The lowest BCUT2D eigenvalue weighted by Gasteiger charge is -2.10. The van der Waals surface area contributed by atoms with Gasteiger partial charge in [0.2, 0.25) is 5.91 Å². The molecular weight excluding hydrogens is 288 g/mol. The number of aryl methyl sites for hydroxylation is 1. The van der Waals surface area contributed by atoms with Crippen LogP contribution in [-0.2, 0) is 16.0 Å². The van der Waals surface area contributed by atoms with Gasteiger partial charge in [-0.1, -0.05) is 17.7 Å². The Kier molecular flexibility index (Phi) is 4.70. The van der Waals surface area contributed by atoms with Gasteiger partial charge in [0.05, 0.1) is 18.0 Å². The summed E-state index contributed by atoms with van der Waals surface area (Å²) in [7, 11) is 0. The Morgan fingerprint density at radius 1 is 1.33 bits per heavy atom. The monoisotopic (exact) mass is 304 g/mol. The lowest BCUT2D eigenvalue weighted by Crippen LogP contribution is -2.18. The minimum Gasteiger partial charge on any atom is -0.481 e. The van der Waals surface area contributed by atoms with E-state index in [1.807, 2.05) is 31.2 Å². The molecule has 0 spiro atoms. The van der Waals surface area contributed by atoms with Gasteiger partial charge in [-0.15, -0.1) is 11.3 Å². The van der Waals surface area contributed by atoms with Gasteiger partial charge in [-0.05, 0) is 26.0 Å². The summed E-state index contributed by atoms with van der Waals surface area (Å²) in [5.41, 5.74) is 2.34. The number of nitrogens with zero attached hydrogens (tertiary/aromatic N) is 1. The number of carboxylic acids is 1. The topological polar surface area (TPSA) is 79.3 Å². The van der Waals surface area contributed by atoms with Crippen LogP contribution in [0.5, 0.6) is 0 Å². The van der Waals surface area contributed by atoms with Crippen molar-refractivity contribution >= 4 is 28.9 Å². The average molecular weight is 304 g/mol. The van der Waals surface area contributed by atoms with Crippen LogP contribution >= 0.6 is 11.3 Å². The van der Waals surface area contributed by atoms with Crippen molar-refractivity contribution in [2.45, 2.75) is 26.2 Å². The zero-order valence-electron chi connectivity index (χ0n) is 11.8. The fraction of sp³-hybridized carbons (Fsp3) is 0.267. The number of nitrogens with one attached hydrogen (secondary N) is 1. The number of thiazole rings is 1. The van der Waals surface area contributed by atoms with Gasteiger partial charge in [-0.3, -0.25) is 9.59 Å². The molecule has 1 aromatic heterocycles. The van der Waals surface area contributed by atoms with Crippen molar-refractivity contribution in [3.05, 3.63) is 45.9 Å². The molecular formula is C15H16N2O3S. The molecule has 1 heterocycles. The summed E-state index contributed by atoms with van der Waals surface area (Å²) in [5.74, 6) is -1.50. The molecule has 0 aliphatic rings. The zero-order chi connectivity index (χ0) is 15.4. The maximum absolute atomic E-state index is 12.2. The van der Waals surface area contributed by atoms with E-state index in [9.17, 15) is 9.59 Å². The predicted molar refractivity (Wildman–Crippen MR) is 81.7 cm³/mol.